The molecule has 0 bridgehead atoms. The zero-order chi connectivity index (χ0) is 20.9. The number of carbonyl (C=O) groups excluding carboxylic acids is 1. The van der Waals surface area contributed by atoms with Crippen LogP contribution in [-0.4, -0.2) is 49.5 Å². The lowest BCUT2D eigenvalue weighted by Crippen LogP contribution is -2.19. The maximum absolute atomic E-state index is 12.8. The smallest absolute Gasteiger partial charge is 0.360 e. The number of anilines is 2. The molecule has 156 valence electrons. The molecule has 1 unspecified atom stereocenters. The predicted octanol–water partition coefficient (Wildman–Crippen LogP) is 3.73. The molecule has 0 spiro atoms. The van der Waals surface area contributed by atoms with Crippen molar-refractivity contribution < 1.29 is 23.7 Å². The maximum Gasteiger partial charge on any atom is 0.360 e. The lowest BCUT2D eigenvalue weighted by molar-refractivity contribution is 0.0157. The van der Waals surface area contributed by atoms with Crippen LogP contribution >= 0.6 is 0 Å². The van der Waals surface area contributed by atoms with Crippen LogP contribution in [0.1, 0.15) is 23.3 Å². The third-order valence-corrected chi connectivity index (χ3v) is 4.80. The Morgan fingerprint density at radius 3 is 2.43 bits per heavy atom. The highest BCUT2D eigenvalue weighted by Crippen LogP contribution is 2.29. The molecule has 1 saturated heterocycles. The molecule has 1 aromatic heterocycles. The summed E-state index contributed by atoms with van der Waals surface area (Å²) in [5.74, 6) is 0.948. The van der Waals surface area contributed by atoms with E-state index in [1.54, 1.807) is 38.5 Å². The quantitative estimate of drug-likeness (QED) is 0.590. The molecule has 4 rings (SSSR count). The number of fused-ring (bicyclic) bond motifs is 1. The van der Waals surface area contributed by atoms with Gasteiger partial charge in [-0.25, -0.2) is 14.8 Å². The van der Waals surface area contributed by atoms with E-state index in [4.69, 9.17) is 18.9 Å². The molecule has 1 fully saturated rings. The second-order valence-electron chi connectivity index (χ2n) is 6.87. The van der Waals surface area contributed by atoms with E-state index in [1.807, 2.05) is 18.2 Å². The van der Waals surface area contributed by atoms with Gasteiger partial charge in [0.05, 0.1) is 31.4 Å². The van der Waals surface area contributed by atoms with Gasteiger partial charge < -0.3 is 24.3 Å². The highest BCUT2D eigenvalue weighted by Gasteiger charge is 2.22. The number of para-hydroxylation sites is 2. The van der Waals surface area contributed by atoms with Crippen molar-refractivity contribution in [2.24, 2.45) is 0 Å². The molecule has 30 heavy (non-hydrogen) atoms. The minimum absolute atomic E-state index is 0.0681. The normalized spacial score (nSPS) is 15.7. The third kappa shape index (κ3) is 4.44. The molecule has 0 radical (unpaired) electrons. The highest BCUT2D eigenvalue weighted by atomic mass is 16.6. The standard InChI is InChI=1S/C22H23N3O5/c1-27-16-10-14(11-17(12-16)28-2)23-21-20(22(26)30-13-15-6-5-9-29-15)24-18-7-3-4-8-19(18)25-21/h3-4,7-8,10-12,15H,5-6,9,13H2,1-2H3,(H,23,25). The van der Waals surface area contributed by atoms with Gasteiger partial charge in [0.15, 0.2) is 11.5 Å². The minimum atomic E-state index is -0.555. The van der Waals surface area contributed by atoms with Crippen LogP contribution in [0, 0.1) is 0 Å². The van der Waals surface area contributed by atoms with Crippen LogP contribution in [0.4, 0.5) is 11.5 Å². The first kappa shape index (κ1) is 19.9. The zero-order valence-electron chi connectivity index (χ0n) is 16.9. The van der Waals surface area contributed by atoms with Crippen LogP contribution in [0.2, 0.25) is 0 Å². The van der Waals surface area contributed by atoms with Gasteiger partial charge in [-0.1, -0.05) is 12.1 Å². The summed E-state index contributed by atoms with van der Waals surface area (Å²) < 4.78 is 21.6. The Labute approximate surface area is 174 Å². The summed E-state index contributed by atoms with van der Waals surface area (Å²) in [7, 11) is 3.14. The monoisotopic (exact) mass is 409 g/mol. The summed E-state index contributed by atoms with van der Waals surface area (Å²) in [5, 5.41) is 3.16. The van der Waals surface area contributed by atoms with Gasteiger partial charge in [-0.2, -0.15) is 0 Å². The molecule has 8 heteroatoms. The first-order valence-electron chi connectivity index (χ1n) is 9.72. The van der Waals surface area contributed by atoms with Crippen molar-refractivity contribution in [3.63, 3.8) is 0 Å². The lowest BCUT2D eigenvalue weighted by Gasteiger charge is -2.14. The van der Waals surface area contributed by atoms with E-state index in [9.17, 15) is 4.79 Å². The van der Waals surface area contributed by atoms with Crippen molar-refractivity contribution in [3.05, 3.63) is 48.2 Å². The highest BCUT2D eigenvalue weighted by molar-refractivity contribution is 5.96. The molecule has 1 aliphatic rings. The summed E-state index contributed by atoms with van der Waals surface area (Å²) in [6.07, 6.45) is 1.79. The fourth-order valence-electron chi connectivity index (χ4n) is 3.26. The van der Waals surface area contributed by atoms with Gasteiger partial charge in [-0.15, -0.1) is 0 Å². The fourth-order valence-corrected chi connectivity index (χ4v) is 3.26. The zero-order valence-corrected chi connectivity index (χ0v) is 16.9. The largest absolute Gasteiger partial charge is 0.497 e. The molecule has 3 aromatic rings. The summed E-state index contributed by atoms with van der Waals surface area (Å²) in [6, 6.07) is 12.7. The summed E-state index contributed by atoms with van der Waals surface area (Å²) >= 11 is 0. The van der Waals surface area contributed by atoms with Gasteiger partial charge in [-0.3, -0.25) is 0 Å². The van der Waals surface area contributed by atoms with E-state index in [1.165, 1.54) is 0 Å². The second-order valence-corrected chi connectivity index (χ2v) is 6.87. The molecular formula is C22H23N3O5. The SMILES string of the molecule is COc1cc(Nc2nc3ccccc3nc2C(=O)OCC2CCCO2)cc(OC)c1. The van der Waals surface area contributed by atoms with Crippen molar-refractivity contribution in [2.45, 2.75) is 18.9 Å². The number of esters is 1. The molecule has 0 saturated carbocycles. The molecule has 2 heterocycles. The van der Waals surface area contributed by atoms with Crippen molar-refractivity contribution in [3.8, 4) is 11.5 Å². The third-order valence-electron chi connectivity index (χ3n) is 4.80. The fraction of sp³-hybridized carbons (Fsp3) is 0.318. The number of carbonyl (C=O) groups is 1. The number of methoxy groups -OCH3 is 2. The molecule has 1 aliphatic heterocycles. The van der Waals surface area contributed by atoms with Gasteiger partial charge in [0.1, 0.15) is 18.1 Å². The Kier molecular flexibility index (Phi) is 5.94. The number of rotatable bonds is 7. The van der Waals surface area contributed by atoms with Crippen LogP contribution in [0.15, 0.2) is 42.5 Å². The van der Waals surface area contributed by atoms with Crippen molar-refractivity contribution in [2.75, 3.05) is 32.8 Å². The Morgan fingerprint density at radius 1 is 1.10 bits per heavy atom. The summed E-state index contributed by atoms with van der Waals surface area (Å²) in [5.41, 5.74) is 2.01. The van der Waals surface area contributed by atoms with Crippen molar-refractivity contribution in [1.82, 2.24) is 9.97 Å². The first-order chi connectivity index (χ1) is 14.7. The molecular weight excluding hydrogens is 386 g/mol. The average Bonchev–Trinajstić information content (AvgIpc) is 3.30. The van der Waals surface area contributed by atoms with Crippen molar-refractivity contribution in [1.29, 1.82) is 0 Å². The van der Waals surface area contributed by atoms with E-state index >= 15 is 0 Å². The number of benzene rings is 2. The minimum Gasteiger partial charge on any atom is -0.497 e. The molecule has 0 amide bonds. The second kappa shape index (κ2) is 8.96. The molecule has 0 aliphatic carbocycles. The van der Waals surface area contributed by atoms with Crippen molar-refractivity contribution >= 4 is 28.5 Å². The van der Waals surface area contributed by atoms with Gasteiger partial charge in [0, 0.05) is 30.5 Å². The average molecular weight is 409 g/mol. The maximum atomic E-state index is 12.8. The molecule has 1 atom stereocenters. The number of nitrogens with zero attached hydrogens (tertiary/aromatic N) is 2. The van der Waals surface area contributed by atoms with E-state index in [0.717, 1.165) is 12.8 Å². The van der Waals surface area contributed by atoms with E-state index < -0.39 is 5.97 Å². The Morgan fingerprint density at radius 2 is 1.80 bits per heavy atom. The summed E-state index contributed by atoms with van der Waals surface area (Å²) in [6.45, 7) is 0.891. The molecule has 1 N–H and O–H groups in total. The van der Waals surface area contributed by atoms with Gasteiger partial charge in [0.2, 0.25) is 0 Å². The van der Waals surface area contributed by atoms with Gasteiger partial charge in [0.25, 0.3) is 0 Å². The number of aromatic nitrogens is 2. The Bertz CT molecular complexity index is 1030. The number of hydrogen-bond acceptors (Lipinski definition) is 8. The summed E-state index contributed by atoms with van der Waals surface area (Å²) in [4.78, 5) is 21.9. The number of ether oxygens (including phenoxy) is 4. The first-order valence-corrected chi connectivity index (χ1v) is 9.72. The van der Waals surface area contributed by atoms with Crippen LogP contribution in [0.25, 0.3) is 11.0 Å². The van der Waals surface area contributed by atoms with Gasteiger partial charge >= 0.3 is 5.97 Å². The van der Waals surface area contributed by atoms with Crippen LogP contribution in [-0.2, 0) is 9.47 Å². The van der Waals surface area contributed by atoms with Gasteiger partial charge in [-0.05, 0) is 25.0 Å². The van der Waals surface area contributed by atoms with Crippen LogP contribution < -0.4 is 14.8 Å². The Hall–Kier alpha value is -3.39. The van der Waals surface area contributed by atoms with E-state index in [0.29, 0.717) is 40.6 Å². The number of hydrogen-bond donors (Lipinski definition) is 1. The van der Waals surface area contributed by atoms with E-state index in [2.05, 4.69) is 15.3 Å². The topological polar surface area (TPSA) is 91.8 Å². The van der Waals surface area contributed by atoms with E-state index in [-0.39, 0.29) is 18.4 Å². The molecule has 2 aromatic carbocycles. The molecule has 8 nitrogen and oxygen atoms in total. The Balaban J connectivity index is 1.66. The predicted molar refractivity (Wildman–Crippen MR) is 112 cm³/mol. The van der Waals surface area contributed by atoms with Crippen LogP contribution in [0.5, 0.6) is 11.5 Å². The van der Waals surface area contributed by atoms with Crippen LogP contribution in [0.3, 0.4) is 0 Å². The lowest BCUT2D eigenvalue weighted by atomic mass is 10.2. The number of nitrogens with one attached hydrogen (secondary N) is 1.